The van der Waals surface area contributed by atoms with E-state index in [-0.39, 0.29) is 12.5 Å². The molecule has 1 fully saturated rings. The first-order valence-corrected chi connectivity index (χ1v) is 9.18. The van der Waals surface area contributed by atoms with Gasteiger partial charge in [-0.1, -0.05) is 24.3 Å². The van der Waals surface area contributed by atoms with Crippen LogP contribution in [0.5, 0.6) is 0 Å². The number of piperidine rings is 1. The Bertz CT molecular complexity index is 944. The predicted molar refractivity (Wildman–Crippen MR) is 102 cm³/mol. The van der Waals surface area contributed by atoms with E-state index in [0.29, 0.717) is 6.42 Å². The molecule has 2 aromatic heterocycles. The molecule has 140 valence electrons. The molecule has 1 aliphatic heterocycles. The number of hydrogen-bond donors (Lipinski definition) is 2. The molecular weight excluding hydrogens is 344 g/mol. The number of rotatable bonds is 5. The zero-order valence-electron chi connectivity index (χ0n) is 15.0. The Balaban J connectivity index is 1.62. The lowest BCUT2D eigenvalue weighted by atomic mass is 10.0. The summed E-state index contributed by atoms with van der Waals surface area (Å²) in [4.78, 5) is 17.5. The third-order valence-corrected chi connectivity index (χ3v) is 5.06. The van der Waals surface area contributed by atoms with Crippen LogP contribution in [0.1, 0.15) is 24.8 Å². The SMILES string of the molecule is O=C(O)CCc1ccc(-c2cnn3c(N4CCC(O)CC4)ccnc23)cc1. The topological polar surface area (TPSA) is 91.0 Å². The smallest absolute Gasteiger partial charge is 0.303 e. The van der Waals surface area contributed by atoms with Gasteiger partial charge in [-0.25, -0.2) is 4.98 Å². The molecule has 3 aromatic rings. The highest BCUT2D eigenvalue weighted by atomic mass is 16.4. The summed E-state index contributed by atoms with van der Waals surface area (Å²) in [5.41, 5.74) is 3.73. The minimum atomic E-state index is -0.788. The number of aliphatic hydroxyl groups excluding tert-OH is 1. The molecule has 27 heavy (non-hydrogen) atoms. The molecule has 1 aliphatic rings. The number of aliphatic hydroxyl groups is 1. The second-order valence-corrected chi connectivity index (χ2v) is 6.91. The molecule has 0 atom stereocenters. The van der Waals surface area contributed by atoms with Crippen molar-refractivity contribution in [3.63, 3.8) is 0 Å². The Morgan fingerprint density at radius 1 is 1.15 bits per heavy atom. The number of benzene rings is 1. The Hall–Kier alpha value is -2.93. The number of aliphatic carboxylic acids is 1. The maximum absolute atomic E-state index is 10.7. The lowest BCUT2D eigenvalue weighted by Gasteiger charge is -2.31. The van der Waals surface area contributed by atoms with E-state index in [1.165, 1.54) is 0 Å². The number of carbonyl (C=O) groups is 1. The predicted octanol–water partition coefficient (Wildman–Crippen LogP) is 2.37. The van der Waals surface area contributed by atoms with Crippen LogP contribution < -0.4 is 4.90 Å². The van der Waals surface area contributed by atoms with Gasteiger partial charge in [0.25, 0.3) is 0 Å². The molecule has 2 N–H and O–H groups in total. The molecule has 0 radical (unpaired) electrons. The summed E-state index contributed by atoms with van der Waals surface area (Å²) >= 11 is 0. The number of aryl methyl sites for hydroxylation is 1. The van der Waals surface area contributed by atoms with Gasteiger partial charge in [0.05, 0.1) is 12.3 Å². The number of carboxylic acids is 1. The highest BCUT2D eigenvalue weighted by Crippen LogP contribution is 2.27. The van der Waals surface area contributed by atoms with Crippen LogP contribution in [-0.4, -0.2) is 50.0 Å². The summed E-state index contributed by atoms with van der Waals surface area (Å²) in [5, 5.41) is 23.1. The lowest BCUT2D eigenvalue weighted by Crippen LogP contribution is -2.36. The van der Waals surface area contributed by atoms with E-state index >= 15 is 0 Å². The average Bonchev–Trinajstić information content (AvgIpc) is 3.12. The lowest BCUT2D eigenvalue weighted by molar-refractivity contribution is -0.136. The number of hydrogen-bond acceptors (Lipinski definition) is 5. The van der Waals surface area contributed by atoms with Crippen molar-refractivity contribution in [3.8, 4) is 11.1 Å². The van der Waals surface area contributed by atoms with Gasteiger partial charge in [0.2, 0.25) is 0 Å². The average molecular weight is 366 g/mol. The molecule has 0 spiro atoms. The van der Waals surface area contributed by atoms with Crippen LogP contribution in [0.2, 0.25) is 0 Å². The van der Waals surface area contributed by atoms with E-state index in [2.05, 4.69) is 15.0 Å². The monoisotopic (exact) mass is 366 g/mol. The van der Waals surface area contributed by atoms with E-state index in [0.717, 1.165) is 54.1 Å². The van der Waals surface area contributed by atoms with Gasteiger partial charge >= 0.3 is 5.97 Å². The van der Waals surface area contributed by atoms with Crippen LogP contribution in [0.15, 0.2) is 42.7 Å². The zero-order chi connectivity index (χ0) is 18.8. The summed E-state index contributed by atoms with van der Waals surface area (Å²) in [7, 11) is 0. The fourth-order valence-electron chi connectivity index (χ4n) is 3.52. The Kier molecular flexibility index (Phi) is 4.77. The van der Waals surface area contributed by atoms with Crippen molar-refractivity contribution in [2.24, 2.45) is 0 Å². The Morgan fingerprint density at radius 2 is 1.89 bits per heavy atom. The summed E-state index contributed by atoms with van der Waals surface area (Å²) in [6, 6.07) is 9.84. The molecule has 4 rings (SSSR count). The van der Waals surface area contributed by atoms with Crippen molar-refractivity contribution in [3.05, 3.63) is 48.3 Å². The Morgan fingerprint density at radius 3 is 2.59 bits per heavy atom. The van der Waals surface area contributed by atoms with Gasteiger partial charge in [-0.2, -0.15) is 9.61 Å². The highest BCUT2D eigenvalue weighted by molar-refractivity contribution is 5.78. The van der Waals surface area contributed by atoms with Crippen molar-refractivity contribution in [1.29, 1.82) is 0 Å². The van der Waals surface area contributed by atoms with E-state index in [1.54, 1.807) is 6.20 Å². The number of anilines is 1. The van der Waals surface area contributed by atoms with Crippen LogP contribution in [0.25, 0.3) is 16.8 Å². The van der Waals surface area contributed by atoms with Gasteiger partial charge in [0.15, 0.2) is 5.65 Å². The molecular formula is C20H22N4O3. The van der Waals surface area contributed by atoms with E-state index in [1.807, 2.05) is 41.0 Å². The second kappa shape index (κ2) is 7.36. The van der Waals surface area contributed by atoms with E-state index in [9.17, 15) is 9.90 Å². The van der Waals surface area contributed by atoms with Crippen LogP contribution in [0.3, 0.4) is 0 Å². The molecule has 0 amide bonds. The van der Waals surface area contributed by atoms with Gasteiger partial charge in [-0.15, -0.1) is 0 Å². The van der Waals surface area contributed by atoms with E-state index in [4.69, 9.17) is 5.11 Å². The summed E-state index contributed by atoms with van der Waals surface area (Å²) in [6.07, 6.45) is 5.57. The minimum absolute atomic E-state index is 0.130. The zero-order valence-corrected chi connectivity index (χ0v) is 15.0. The molecule has 3 heterocycles. The fourth-order valence-corrected chi connectivity index (χ4v) is 3.52. The molecule has 0 unspecified atom stereocenters. The quantitative estimate of drug-likeness (QED) is 0.720. The minimum Gasteiger partial charge on any atom is -0.481 e. The van der Waals surface area contributed by atoms with Crippen molar-refractivity contribution < 1.29 is 15.0 Å². The van der Waals surface area contributed by atoms with Crippen LogP contribution in [0, 0.1) is 0 Å². The molecule has 0 bridgehead atoms. The maximum atomic E-state index is 10.7. The van der Waals surface area contributed by atoms with Gasteiger partial charge in [-0.3, -0.25) is 4.79 Å². The maximum Gasteiger partial charge on any atom is 0.303 e. The standard InChI is InChI=1S/C20H22N4O3/c25-16-8-11-23(12-9-16)18-7-10-21-20-17(13-22-24(18)20)15-4-1-14(2-5-15)3-6-19(26)27/h1-2,4-5,7,10,13,16,25H,3,6,8-9,11-12H2,(H,26,27). The van der Waals surface area contributed by atoms with Gasteiger partial charge < -0.3 is 15.1 Å². The molecule has 0 aliphatic carbocycles. The first-order valence-electron chi connectivity index (χ1n) is 9.18. The third kappa shape index (κ3) is 3.64. The molecule has 1 saturated heterocycles. The first kappa shape index (κ1) is 17.5. The Labute approximate surface area is 156 Å². The van der Waals surface area contributed by atoms with Crippen LogP contribution in [-0.2, 0) is 11.2 Å². The highest BCUT2D eigenvalue weighted by Gasteiger charge is 2.20. The summed E-state index contributed by atoms with van der Waals surface area (Å²) < 4.78 is 1.85. The summed E-state index contributed by atoms with van der Waals surface area (Å²) in [6.45, 7) is 1.60. The molecule has 1 aromatic carbocycles. The van der Waals surface area contributed by atoms with Crippen molar-refractivity contribution >= 4 is 17.4 Å². The number of aromatic nitrogens is 3. The first-order chi connectivity index (χ1) is 13.1. The largest absolute Gasteiger partial charge is 0.481 e. The molecule has 7 heteroatoms. The van der Waals surface area contributed by atoms with Crippen LogP contribution in [0.4, 0.5) is 5.82 Å². The molecule has 0 saturated carbocycles. The third-order valence-electron chi connectivity index (χ3n) is 5.06. The van der Waals surface area contributed by atoms with Crippen molar-refractivity contribution in [1.82, 2.24) is 14.6 Å². The number of nitrogens with zero attached hydrogens (tertiary/aromatic N) is 4. The van der Waals surface area contributed by atoms with Gasteiger partial charge in [0, 0.05) is 31.3 Å². The van der Waals surface area contributed by atoms with Crippen molar-refractivity contribution in [2.75, 3.05) is 18.0 Å². The number of fused-ring (bicyclic) bond motifs is 1. The van der Waals surface area contributed by atoms with Gasteiger partial charge in [-0.05, 0) is 36.5 Å². The van der Waals surface area contributed by atoms with Crippen molar-refractivity contribution in [2.45, 2.75) is 31.8 Å². The number of carboxylic acid groups (broad SMARTS) is 1. The normalized spacial score (nSPS) is 15.4. The van der Waals surface area contributed by atoms with Crippen LogP contribution >= 0.6 is 0 Å². The summed E-state index contributed by atoms with van der Waals surface area (Å²) in [5.74, 6) is 0.194. The fraction of sp³-hybridized carbons (Fsp3) is 0.350. The second-order valence-electron chi connectivity index (χ2n) is 6.91. The van der Waals surface area contributed by atoms with Gasteiger partial charge in [0.1, 0.15) is 5.82 Å². The molecule has 7 nitrogen and oxygen atoms in total. The van der Waals surface area contributed by atoms with E-state index < -0.39 is 5.97 Å².